The molecule has 5 heterocycles. The number of piperazine rings is 1. The van der Waals surface area contributed by atoms with E-state index in [1.165, 1.54) is 48.0 Å². The average molecular weight is 541 g/mol. The first kappa shape index (κ1) is 25.9. The van der Waals surface area contributed by atoms with Gasteiger partial charge in [-0.3, -0.25) is 9.88 Å². The smallest absolute Gasteiger partial charge is 0.213 e. The minimum absolute atomic E-state index is 0.197. The molecule has 0 atom stereocenters. The molecule has 0 unspecified atom stereocenters. The van der Waals surface area contributed by atoms with Crippen molar-refractivity contribution >= 4 is 21.8 Å². The number of benzene rings is 1. The Labute approximate surface area is 236 Å². The molecule has 1 N–H and O–H groups in total. The first-order valence-electron chi connectivity index (χ1n) is 15.0. The number of hydrogen-bond donors (Lipinski definition) is 1. The maximum atomic E-state index is 6.43. The molecule has 3 aromatic heterocycles. The van der Waals surface area contributed by atoms with E-state index in [1.54, 1.807) is 0 Å². The number of nitrogens with zero attached hydrogens (tertiary/aromatic N) is 5. The van der Waals surface area contributed by atoms with Crippen LogP contribution in [0.5, 0.6) is 5.88 Å². The summed E-state index contributed by atoms with van der Waals surface area (Å²) >= 11 is 0. The monoisotopic (exact) mass is 540 g/mol. The van der Waals surface area contributed by atoms with Gasteiger partial charge in [-0.1, -0.05) is 12.1 Å². The van der Waals surface area contributed by atoms with Crippen LogP contribution in [0.25, 0.3) is 32.9 Å². The van der Waals surface area contributed by atoms with Crippen LogP contribution >= 0.6 is 0 Å². The lowest BCUT2D eigenvalue weighted by atomic mass is 9.91. The number of piperidine rings is 1. The van der Waals surface area contributed by atoms with Crippen LogP contribution in [0.2, 0.25) is 0 Å². The molecule has 1 aromatic carbocycles. The van der Waals surface area contributed by atoms with Crippen LogP contribution in [-0.4, -0.2) is 95.0 Å². The molecule has 3 aliphatic rings. The van der Waals surface area contributed by atoms with Crippen molar-refractivity contribution in [1.82, 2.24) is 29.7 Å². The Morgan fingerprint density at radius 1 is 0.800 bits per heavy atom. The van der Waals surface area contributed by atoms with Crippen LogP contribution in [0, 0.1) is 0 Å². The van der Waals surface area contributed by atoms with Gasteiger partial charge in [0, 0.05) is 119 Å². The Kier molecular flexibility index (Phi) is 7.41. The van der Waals surface area contributed by atoms with E-state index >= 15 is 0 Å². The van der Waals surface area contributed by atoms with Gasteiger partial charge in [-0.2, -0.15) is 0 Å². The number of aromatic nitrogens is 3. The predicted octanol–water partition coefficient (Wildman–Crippen LogP) is 4.08. The molecule has 210 valence electrons. The van der Waals surface area contributed by atoms with Gasteiger partial charge in [0.05, 0.1) is 17.7 Å². The first-order valence-corrected chi connectivity index (χ1v) is 15.0. The molecule has 40 heavy (non-hydrogen) atoms. The number of likely N-dealkylation sites (tertiary alicyclic amines) is 1. The SMILES string of the molecule is Cn1c2ccncc2c2ccc(-c3ccc(O[C@H]4C[C@H](OC5CCN(CCN6CCNCC6)CC5)C4)nc3)cc21. The zero-order valence-corrected chi connectivity index (χ0v) is 23.5. The predicted molar refractivity (Wildman–Crippen MR) is 159 cm³/mol. The Morgan fingerprint density at radius 3 is 2.35 bits per heavy atom. The molecule has 0 spiro atoms. The van der Waals surface area contributed by atoms with E-state index in [4.69, 9.17) is 9.47 Å². The number of aryl methyl sites for hydroxylation is 1. The maximum absolute atomic E-state index is 6.43. The minimum atomic E-state index is 0.197. The van der Waals surface area contributed by atoms with Gasteiger partial charge < -0.3 is 24.3 Å². The van der Waals surface area contributed by atoms with Crippen molar-refractivity contribution in [1.29, 1.82) is 0 Å². The second-order valence-electron chi connectivity index (χ2n) is 11.7. The lowest BCUT2D eigenvalue weighted by Gasteiger charge is -2.40. The van der Waals surface area contributed by atoms with Crippen molar-refractivity contribution in [3.63, 3.8) is 0 Å². The van der Waals surface area contributed by atoms with E-state index in [0.717, 1.165) is 63.0 Å². The summed E-state index contributed by atoms with van der Waals surface area (Å²) in [6.45, 7) is 9.33. The molecule has 2 saturated heterocycles. The summed E-state index contributed by atoms with van der Waals surface area (Å²) in [6.07, 6.45) is 10.8. The molecule has 3 fully saturated rings. The van der Waals surface area contributed by atoms with E-state index in [2.05, 4.69) is 67.0 Å². The number of nitrogens with one attached hydrogen (secondary N) is 1. The molecule has 8 heteroatoms. The van der Waals surface area contributed by atoms with Gasteiger partial charge in [0.15, 0.2) is 0 Å². The zero-order valence-electron chi connectivity index (χ0n) is 23.5. The van der Waals surface area contributed by atoms with Crippen molar-refractivity contribution in [2.75, 3.05) is 52.4 Å². The third-order valence-electron chi connectivity index (χ3n) is 9.08. The van der Waals surface area contributed by atoms with Gasteiger partial charge in [0.25, 0.3) is 0 Å². The Bertz CT molecular complexity index is 1430. The second-order valence-corrected chi connectivity index (χ2v) is 11.7. The number of rotatable bonds is 8. The quantitative estimate of drug-likeness (QED) is 0.361. The zero-order chi connectivity index (χ0) is 26.9. The number of fused-ring (bicyclic) bond motifs is 3. The lowest BCUT2D eigenvalue weighted by Crippen LogP contribution is -2.48. The summed E-state index contributed by atoms with van der Waals surface area (Å²) in [4.78, 5) is 14.1. The van der Waals surface area contributed by atoms with Crippen molar-refractivity contribution in [3.8, 4) is 17.0 Å². The van der Waals surface area contributed by atoms with Crippen LogP contribution in [0.15, 0.2) is 55.0 Å². The van der Waals surface area contributed by atoms with Crippen molar-refractivity contribution in [2.24, 2.45) is 7.05 Å². The Morgan fingerprint density at radius 2 is 1.57 bits per heavy atom. The largest absolute Gasteiger partial charge is 0.474 e. The normalized spacial score (nSPS) is 23.0. The van der Waals surface area contributed by atoms with Crippen molar-refractivity contribution < 1.29 is 9.47 Å². The standard InChI is InChI=1S/C32H40N6O2/c1-36-30-6-9-34-22-29(30)28-4-2-23(18-31(28)36)24-3-5-32(35-21-24)40-27-19-26(20-27)39-25-7-12-37(13-8-25)16-17-38-14-10-33-11-15-38/h2-6,9,18,21-22,25-27,33H,7-8,10-17,19-20H2,1H3/t26-,27-. The maximum Gasteiger partial charge on any atom is 0.213 e. The van der Waals surface area contributed by atoms with E-state index in [1.807, 2.05) is 24.7 Å². The van der Waals surface area contributed by atoms with Crippen molar-refractivity contribution in [2.45, 2.75) is 44.0 Å². The van der Waals surface area contributed by atoms with Gasteiger partial charge in [-0.25, -0.2) is 4.98 Å². The van der Waals surface area contributed by atoms with E-state index in [9.17, 15) is 0 Å². The molecule has 1 aliphatic carbocycles. The number of pyridine rings is 2. The van der Waals surface area contributed by atoms with Gasteiger partial charge in [0.2, 0.25) is 5.88 Å². The molecular formula is C32H40N6O2. The fraction of sp³-hybridized carbons (Fsp3) is 0.500. The molecule has 8 nitrogen and oxygen atoms in total. The molecule has 0 radical (unpaired) electrons. The molecule has 0 amide bonds. The van der Waals surface area contributed by atoms with Crippen LogP contribution in [0.4, 0.5) is 0 Å². The summed E-state index contributed by atoms with van der Waals surface area (Å²) in [7, 11) is 2.11. The highest BCUT2D eigenvalue weighted by Gasteiger charge is 2.34. The average Bonchev–Trinajstić information content (AvgIpc) is 3.28. The topological polar surface area (TPSA) is 67.7 Å². The summed E-state index contributed by atoms with van der Waals surface area (Å²) in [5, 5.41) is 5.84. The minimum Gasteiger partial charge on any atom is -0.474 e. The van der Waals surface area contributed by atoms with Crippen molar-refractivity contribution in [3.05, 3.63) is 55.0 Å². The third-order valence-corrected chi connectivity index (χ3v) is 9.08. The van der Waals surface area contributed by atoms with Crippen LogP contribution in [0.1, 0.15) is 25.7 Å². The number of hydrogen-bond acceptors (Lipinski definition) is 7. The van der Waals surface area contributed by atoms with Crippen LogP contribution in [-0.2, 0) is 11.8 Å². The Balaban J connectivity index is 0.867. The molecule has 1 saturated carbocycles. The highest BCUT2D eigenvalue weighted by atomic mass is 16.5. The van der Waals surface area contributed by atoms with E-state index in [-0.39, 0.29) is 6.10 Å². The third kappa shape index (κ3) is 5.46. The van der Waals surface area contributed by atoms with E-state index < -0.39 is 0 Å². The van der Waals surface area contributed by atoms with Gasteiger partial charge in [0.1, 0.15) is 6.10 Å². The molecule has 2 aliphatic heterocycles. The second kappa shape index (κ2) is 11.4. The summed E-state index contributed by atoms with van der Waals surface area (Å²) in [5.41, 5.74) is 4.63. The van der Waals surface area contributed by atoms with Crippen LogP contribution < -0.4 is 10.1 Å². The fourth-order valence-corrected chi connectivity index (χ4v) is 6.51. The molecule has 7 rings (SSSR count). The first-order chi connectivity index (χ1) is 19.7. The lowest BCUT2D eigenvalue weighted by molar-refractivity contribution is -0.111. The molecular weight excluding hydrogens is 500 g/mol. The molecule has 0 bridgehead atoms. The van der Waals surface area contributed by atoms with Gasteiger partial charge >= 0.3 is 0 Å². The van der Waals surface area contributed by atoms with E-state index in [0.29, 0.717) is 18.1 Å². The summed E-state index contributed by atoms with van der Waals surface area (Å²) < 4.78 is 14.8. The fourth-order valence-electron chi connectivity index (χ4n) is 6.51. The van der Waals surface area contributed by atoms with Gasteiger partial charge in [-0.05, 0) is 36.6 Å². The highest BCUT2D eigenvalue weighted by molar-refractivity contribution is 6.08. The molecule has 4 aromatic rings. The highest BCUT2D eigenvalue weighted by Crippen LogP contribution is 2.33. The Hall–Kier alpha value is -3.04. The summed E-state index contributed by atoms with van der Waals surface area (Å²) in [6, 6.07) is 12.8. The van der Waals surface area contributed by atoms with Gasteiger partial charge in [-0.15, -0.1) is 0 Å². The number of ether oxygens (including phenoxy) is 2. The summed E-state index contributed by atoms with van der Waals surface area (Å²) in [5.74, 6) is 0.696. The van der Waals surface area contributed by atoms with Crippen LogP contribution in [0.3, 0.4) is 0 Å².